The summed E-state index contributed by atoms with van der Waals surface area (Å²) in [5, 5.41) is 3.27. The van der Waals surface area contributed by atoms with E-state index in [2.05, 4.69) is 10.1 Å². The average molecular weight is 328 g/mol. The molecule has 0 aliphatic heterocycles. The number of nitrogens with one attached hydrogen (secondary N) is 1. The summed E-state index contributed by atoms with van der Waals surface area (Å²) in [7, 11) is 1.28. The number of carbonyl (C=O) groups is 2. The Morgan fingerprint density at radius 1 is 1.33 bits per heavy atom. The Balaban J connectivity index is 2.05. The van der Waals surface area contributed by atoms with Crippen molar-refractivity contribution in [3.63, 3.8) is 0 Å². The summed E-state index contributed by atoms with van der Waals surface area (Å²) in [5.74, 6) is -1.42. The van der Waals surface area contributed by atoms with Gasteiger partial charge in [0.25, 0.3) is 0 Å². The molecule has 4 nitrogen and oxygen atoms in total. The van der Waals surface area contributed by atoms with Gasteiger partial charge in [-0.05, 0) is 24.3 Å². The van der Waals surface area contributed by atoms with Crippen molar-refractivity contribution in [1.29, 1.82) is 0 Å². The van der Waals surface area contributed by atoms with Crippen LogP contribution >= 0.6 is 22.9 Å². The predicted molar refractivity (Wildman–Crippen MR) is 79.4 cm³/mol. The minimum Gasteiger partial charge on any atom is -0.465 e. The molecule has 0 fully saturated rings. The Morgan fingerprint density at radius 3 is 2.76 bits per heavy atom. The van der Waals surface area contributed by atoms with E-state index in [-0.39, 0.29) is 17.0 Å². The molecule has 0 spiro atoms. The van der Waals surface area contributed by atoms with Crippen LogP contribution in [0.4, 0.5) is 9.39 Å². The molecule has 0 unspecified atom stereocenters. The zero-order valence-corrected chi connectivity index (χ0v) is 12.6. The molecule has 0 aliphatic rings. The van der Waals surface area contributed by atoms with Crippen molar-refractivity contribution in [3.8, 4) is 0 Å². The van der Waals surface area contributed by atoms with Gasteiger partial charge in [0.1, 0.15) is 10.7 Å². The molecule has 1 aromatic heterocycles. The van der Waals surface area contributed by atoms with Gasteiger partial charge in [-0.3, -0.25) is 4.79 Å². The van der Waals surface area contributed by atoms with Crippen LogP contribution in [0.3, 0.4) is 0 Å². The SMILES string of the molecule is COC(=O)c1ccc(NC(=O)Cc2c(F)cccc2Cl)s1. The number of benzene rings is 1. The highest BCUT2D eigenvalue weighted by atomic mass is 35.5. The monoisotopic (exact) mass is 327 g/mol. The molecule has 0 atom stereocenters. The van der Waals surface area contributed by atoms with Crippen molar-refractivity contribution in [2.75, 3.05) is 12.4 Å². The van der Waals surface area contributed by atoms with Crippen LogP contribution in [0.5, 0.6) is 0 Å². The lowest BCUT2D eigenvalue weighted by Gasteiger charge is -2.06. The third kappa shape index (κ3) is 3.80. The minimum atomic E-state index is -0.529. The van der Waals surface area contributed by atoms with Gasteiger partial charge < -0.3 is 10.1 Å². The Hall–Kier alpha value is -1.92. The van der Waals surface area contributed by atoms with Gasteiger partial charge in [-0.2, -0.15) is 0 Å². The lowest BCUT2D eigenvalue weighted by atomic mass is 10.1. The third-order valence-electron chi connectivity index (χ3n) is 2.65. The highest BCUT2D eigenvalue weighted by Crippen LogP contribution is 2.24. The zero-order valence-electron chi connectivity index (χ0n) is 11.0. The van der Waals surface area contributed by atoms with E-state index in [1.807, 2.05) is 0 Å². The van der Waals surface area contributed by atoms with E-state index in [4.69, 9.17) is 11.6 Å². The topological polar surface area (TPSA) is 55.4 Å². The number of rotatable bonds is 4. The largest absolute Gasteiger partial charge is 0.465 e. The van der Waals surface area contributed by atoms with Gasteiger partial charge in [0, 0.05) is 10.6 Å². The molecule has 110 valence electrons. The second-order valence-corrected chi connectivity index (χ2v) is 5.57. The molecular formula is C14H11ClFNO3S. The molecular weight excluding hydrogens is 317 g/mol. The van der Waals surface area contributed by atoms with Crippen molar-refractivity contribution < 1.29 is 18.7 Å². The maximum atomic E-state index is 13.6. The second-order valence-electron chi connectivity index (χ2n) is 4.08. The summed E-state index contributed by atoms with van der Waals surface area (Å²) in [4.78, 5) is 23.6. The smallest absolute Gasteiger partial charge is 0.348 e. The zero-order chi connectivity index (χ0) is 15.4. The summed E-state index contributed by atoms with van der Waals surface area (Å²) in [6.45, 7) is 0. The van der Waals surface area contributed by atoms with Crippen molar-refractivity contribution in [2.45, 2.75) is 6.42 Å². The number of esters is 1. The van der Waals surface area contributed by atoms with Crippen LogP contribution in [0.2, 0.25) is 5.02 Å². The molecule has 1 aromatic carbocycles. The Kier molecular flexibility index (Phi) is 4.93. The molecule has 0 saturated heterocycles. The molecule has 1 amide bonds. The van der Waals surface area contributed by atoms with Crippen LogP contribution in [-0.2, 0) is 16.0 Å². The van der Waals surface area contributed by atoms with Crippen molar-refractivity contribution in [1.82, 2.24) is 0 Å². The number of hydrogen-bond acceptors (Lipinski definition) is 4. The first kappa shape index (κ1) is 15.5. The summed E-state index contributed by atoms with van der Waals surface area (Å²) in [6.07, 6.45) is -0.184. The average Bonchev–Trinajstić information content (AvgIpc) is 2.90. The first-order valence-corrected chi connectivity index (χ1v) is 7.11. The Morgan fingerprint density at radius 2 is 2.10 bits per heavy atom. The van der Waals surface area contributed by atoms with Crippen LogP contribution in [0.25, 0.3) is 0 Å². The van der Waals surface area contributed by atoms with E-state index in [1.165, 1.54) is 25.3 Å². The minimum absolute atomic E-state index is 0.140. The summed E-state index contributed by atoms with van der Waals surface area (Å²) in [6, 6.07) is 7.36. The summed E-state index contributed by atoms with van der Waals surface area (Å²) in [5.41, 5.74) is 0.140. The lowest BCUT2D eigenvalue weighted by molar-refractivity contribution is -0.115. The fraction of sp³-hybridized carbons (Fsp3) is 0.143. The summed E-state index contributed by atoms with van der Waals surface area (Å²) < 4.78 is 18.2. The first-order chi connectivity index (χ1) is 10.0. The van der Waals surface area contributed by atoms with Gasteiger partial charge in [0.15, 0.2) is 0 Å². The van der Waals surface area contributed by atoms with Crippen molar-refractivity contribution in [2.24, 2.45) is 0 Å². The first-order valence-electron chi connectivity index (χ1n) is 5.92. The fourth-order valence-corrected chi connectivity index (χ4v) is 2.73. The van der Waals surface area contributed by atoms with E-state index < -0.39 is 17.7 Å². The maximum absolute atomic E-state index is 13.6. The normalized spacial score (nSPS) is 10.2. The maximum Gasteiger partial charge on any atom is 0.348 e. The lowest BCUT2D eigenvalue weighted by Crippen LogP contribution is -2.14. The molecule has 2 rings (SSSR count). The van der Waals surface area contributed by atoms with Gasteiger partial charge in [-0.15, -0.1) is 11.3 Å². The molecule has 0 bridgehead atoms. The number of halogens is 2. The van der Waals surface area contributed by atoms with Gasteiger partial charge in [-0.1, -0.05) is 17.7 Å². The van der Waals surface area contributed by atoms with E-state index in [9.17, 15) is 14.0 Å². The number of hydrogen-bond donors (Lipinski definition) is 1. The number of anilines is 1. The number of amides is 1. The van der Waals surface area contributed by atoms with Crippen molar-refractivity contribution in [3.05, 3.63) is 51.6 Å². The van der Waals surface area contributed by atoms with E-state index in [1.54, 1.807) is 12.1 Å². The molecule has 1 N–H and O–H groups in total. The van der Waals surface area contributed by atoms with Gasteiger partial charge in [-0.25, -0.2) is 9.18 Å². The highest BCUT2D eigenvalue weighted by molar-refractivity contribution is 7.18. The third-order valence-corrected chi connectivity index (χ3v) is 3.99. The Labute approximate surface area is 129 Å². The number of carbonyl (C=O) groups excluding carboxylic acids is 2. The number of thiophene rings is 1. The molecule has 21 heavy (non-hydrogen) atoms. The standard InChI is InChI=1S/C14H11ClFNO3S/c1-20-14(19)11-5-6-13(21-11)17-12(18)7-8-9(15)3-2-4-10(8)16/h2-6H,7H2,1H3,(H,17,18). The van der Waals surface area contributed by atoms with Gasteiger partial charge >= 0.3 is 5.97 Å². The molecule has 7 heteroatoms. The van der Waals surface area contributed by atoms with Gasteiger partial charge in [0.05, 0.1) is 18.5 Å². The second kappa shape index (κ2) is 6.69. The quantitative estimate of drug-likeness (QED) is 0.874. The number of methoxy groups -OCH3 is 1. The molecule has 2 aromatic rings. The van der Waals surface area contributed by atoms with E-state index >= 15 is 0 Å². The van der Waals surface area contributed by atoms with Gasteiger partial charge in [0.2, 0.25) is 5.91 Å². The van der Waals surface area contributed by atoms with Crippen LogP contribution in [-0.4, -0.2) is 19.0 Å². The van der Waals surface area contributed by atoms with Crippen molar-refractivity contribution >= 4 is 39.8 Å². The Bertz CT molecular complexity index is 666. The van der Waals surface area contributed by atoms with Crippen LogP contribution in [0, 0.1) is 5.82 Å². The highest BCUT2D eigenvalue weighted by Gasteiger charge is 2.14. The molecule has 0 aliphatic carbocycles. The molecule has 0 saturated carbocycles. The van der Waals surface area contributed by atoms with E-state index in [0.29, 0.717) is 9.88 Å². The van der Waals surface area contributed by atoms with Crippen LogP contribution < -0.4 is 5.32 Å². The van der Waals surface area contributed by atoms with Crippen LogP contribution in [0.15, 0.2) is 30.3 Å². The number of ether oxygens (including phenoxy) is 1. The van der Waals surface area contributed by atoms with Crippen LogP contribution in [0.1, 0.15) is 15.2 Å². The van der Waals surface area contributed by atoms with E-state index in [0.717, 1.165) is 11.3 Å². The molecule has 1 heterocycles. The summed E-state index contributed by atoms with van der Waals surface area (Å²) >= 11 is 6.94. The predicted octanol–water partition coefficient (Wildman–Crippen LogP) is 3.51. The fourth-order valence-electron chi connectivity index (χ4n) is 1.66. The molecule has 0 radical (unpaired) electrons.